The van der Waals surface area contributed by atoms with Crippen molar-refractivity contribution in [3.8, 4) is 0 Å². The second-order valence-corrected chi connectivity index (χ2v) is 7.02. The molecule has 0 aliphatic carbocycles. The zero-order chi connectivity index (χ0) is 16.9. The van der Waals surface area contributed by atoms with Crippen molar-refractivity contribution >= 4 is 18.2 Å². The molecule has 2 N–H and O–H groups in total. The van der Waals surface area contributed by atoms with Crippen LogP contribution in [-0.2, 0) is 12.8 Å². The molecule has 25 heavy (non-hydrogen) atoms. The molecule has 3 nitrogen and oxygen atoms in total. The molecule has 0 spiro atoms. The van der Waals surface area contributed by atoms with Gasteiger partial charge >= 0.3 is 0 Å². The summed E-state index contributed by atoms with van der Waals surface area (Å²) in [5.74, 6) is 7.59. The zero-order valence-corrected chi connectivity index (χ0v) is 15.9. The maximum atomic E-state index is 5.93. The minimum atomic E-state index is 0. The number of nitrogens with zero attached hydrogens (tertiary/aromatic N) is 2. The van der Waals surface area contributed by atoms with Gasteiger partial charge in [-0.2, -0.15) is 0 Å². The number of nitrogens with two attached hydrogens (primary N) is 1. The first-order valence-corrected chi connectivity index (χ1v) is 8.85. The van der Waals surface area contributed by atoms with Gasteiger partial charge < -0.3 is 0 Å². The number of benzene rings is 2. The second kappa shape index (κ2) is 9.02. The van der Waals surface area contributed by atoms with E-state index in [2.05, 4.69) is 67.4 Å². The van der Waals surface area contributed by atoms with Crippen LogP contribution in [0.3, 0.4) is 0 Å². The van der Waals surface area contributed by atoms with Crippen LogP contribution in [0.4, 0.5) is 0 Å². The van der Waals surface area contributed by atoms with Crippen molar-refractivity contribution in [2.75, 3.05) is 13.1 Å². The summed E-state index contributed by atoms with van der Waals surface area (Å²) < 4.78 is 0. The summed E-state index contributed by atoms with van der Waals surface area (Å²) in [5, 5.41) is 1.73. The molecular weight excluding hydrogens is 330 g/mol. The average Bonchev–Trinajstić information content (AvgIpc) is 3.01. The highest BCUT2D eigenvalue weighted by molar-refractivity contribution is 5.99. The number of hydrazine groups is 1. The van der Waals surface area contributed by atoms with E-state index in [-0.39, 0.29) is 12.4 Å². The van der Waals surface area contributed by atoms with E-state index in [9.17, 15) is 0 Å². The van der Waals surface area contributed by atoms with Gasteiger partial charge in [-0.1, -0.05) is 62.4 Å². The Morgan fingerprint density at radius 2 is 1.52 bits per heavy atom. The van der Waals surface area contributed by atoms with Crippen LogP contribution in [0, 0.1) is 5.92 Å². The van der Waals surface area contributed by atoms with Crippen LogP contribution < -0.4 is 5.84 Å². The number of rotatable bonds is 6. The lowest BCUT2D eigenvalue weighted by Crippen LogP contribution is -2.34. The Morgan fingerprint density at radius 3 is 2.04 bits per heavy atom. The molecule has 0 amide bonds. The van der Waals surface area contributed by atoms with Gasteiger partial charge in [-0.15, -0.1) is 12.4 Å². The third-order valence-electron chi connectivity index (χ3n) is 4.53. The van der Waals surface area contributed by atoms with Gasteiger partial charge in [0.15, 0.2) is 0 Å². The fourth-order valence-electron chi connectivity index (χ4n) is 3.00. The lowest BCUT2D eigenvalue weighted by Gasteiger charge is -2.13. The van der Waals surface area contributed by atoms with Crippen LogP contribution in [-0.4, -0.2) is 23.9 Å². The topological polar surface area (TPSA) is 41.6 Å². The SMILES string of the molecule is CC(C)CCc1ccc(Cc2ccc(C3=NCCN3N)cc2)cc1.Cl. The van der Waals surface area contributed by atoms with Crippen molar-refractivity contribution < 1.29 is 0 Å². The molecule has 1 aliphatic heterocycles. The Labute approximate surface area is 157 Å². The fourth-order valence-corrected chi connectivity index (χ4v) is 3.00. The van der Waals surface area contributed by atoms with Crippen LogP contribution in [0.15, 0.2) is 53.5 Å². The molecule has 0 saturated carbocycles. The van der Waals surface area contributed by atoms with Gasteiger partial charge in [0.25, 0.3) is 0 Å². The molecule has 3 rings (SSSR count). The van der Waals surface area contributed by atoms with E-state index >= 15 is 0 Å². The molecule has 134 valence electrons. The van der Waals surface area contributed by atoms with Gasteiger partial charge in [-0.05, 0) is 41.9 Å². The highest BCUT2D eigenvalue weighted by Crippen LogP contribution is 2.15. The molecule has 0 unspecified atom stereocenters. The van der Waals surface area contributed by atoms with E-state index in [0.29, 0.717) is 0 Å². The van der Waals surface area contributed by atoms with Gasteiger partial charge in [0, 0.05) is 5.56 Å². The molecule has 4 heteroatoms. The standard InChI is InChI=1S/C21H27N3.ClH/c1-16(2)3-4-17-5-7-18(8-6-17)15-19-9-11-20(12-10-19)21-23-13-14-24(21)22;/h5-12,16H,3-4,13-15,22H2,1-2H3;1H. The van der Waals surface area contributed by atoms with Crippen LogP contribution in [0.25, 0.3) is 0 Å². The third kappa shape index (κ3) is 5.32. The molecule has 0 fully saturated rings. The summed E-state index contributed by atoms with van der Waals surface area (Å²) in [7, 11) is 0. The van der Waals surface area contributed by atoms with Crippen molar-refractivity contribution in [2.24, 2.45) is 16.8 Å². The maximum Gasteiger partial charge on any atom is 0.145 e. The summed E-state index contributed by atoms with van der Waals surface area (Å²) >= 11 is 0. The number of aryl methyl sites for hydroxylation is 1. The Hall–Kier alpha value is -1.84. The molecule has 0 bridgehead atoms. The Balaban J connectivity index is 0.00000225. The number of amidine groups is 1. The predicted octanol–water partition coefficient (Wildman–Crippen LogP) is 4.22. The van der Waals surface area contributed by atoms with E-state index < -0.39 is 0 Å². The van der Waals surface area contributed by atoms with Crippen LogP contribution in [0.1, 0.15) is 42.5 Å². The van der Waals surface area contributed by atoms with Gasteiger partial charge in [0.2, 0.25) is 0 Å². The molecule has 2 aromatic carbocycles. The Morgan fingerprint density at radius 1 is 0.960 bits per heavy atom. The number of aliphatic imine (C=N–C) groups is 1. The fraction of sp³-hybridized carbons (Fsp3) is 0.381. The monoisotopic (exact) mass is 357 g/mol. The van der Waals surface area contributed by atoms with E-state index in [1.54, 1.807) is 5.01 Å². The zero-order valence-electron chi connectivity index (χ0n) is 15.1. The van der Waals surface area contributed by atoms with E-state index in [0.717, 1.165) is 36.8 Å². The third-order valence-corrected chi connectivity index (χ3v) is 4.53. The van der Waals surface area contributed by atoms with Gasteiger partial charge in [-0.25, -0.2) is 5.84 Å². The van der Waals surface area contributed by atoms with Crippen molar-refractivity contribution in [1.29, 1.82) is 0 Å². The van der Waals surface area contributed by atoms with Crippen molar-refractivity contribution in [3.05, 3.63) is 70.8 Å². The summed E-state index contributed by atoms with van der Waals surface area (Å²) in [4.78, 5) is 4.46. The van der Waals surface area contributed by atoms with Gasteiger partial charge in [-0.3, -0.25) is 10.0 Å². The lowest BCUT2D eigenvalue weighted by molar-refractivity contribution is 0.484. The Bertz CT molecular complexity index is 690. The van der Waals surface area contributed by atoms with Gasteiger partial charge in [0.05, 0.1) is 13.1 Å². The highest BCUT2D eigenvalue weighted by Gasteiger charge is 2.14. The first kappa shape index (κ1) is 19.5. The van der Waals surface area contributed by atoms with E-state index in [1.165, 1.54) is 29.5 Å². The number of hydrogen-bond acceptors (Lipinski definition) is 3. The largest absolute Gasteiger partial charge is 0.293 e. The molecule has 1 aliphatic rings. The highest BCUT2D eigenvalue weighted by atomic mass is 35.5. The van der Waals surface area contributed by atoms with E-state index in [1.807, 2.05) is 0 Å². The summed E-state index contributed by atoms with van der Waals surface area (Å²) in [6.07, 6.45) is 3.39. The molecule has 1 heterocycles. The van der Waals surface area contributed by atoms with Crippen molar-refractivity contribution in [3.63, 3.8) is 0 Å². The van der Waals surface area contributed by atoms with Crippen LogP contribution >= 0.6 is 12.4 Å². The summed E-state index contributed by atoms with van der Waals surface area (Å²) in [5.41, 5.74) is 5.21. The summed E-state index contributed by atoms with van der Waals surface area (Å²) in [6, 6.07) is 17.6. The lowest BCUT2D eigenvalue weighted by atomic mass is 9.99. The number of hydrogen-bond donors (Lipinski definition) is 1. The molecular formula is C21H28ClN3. The van der Waals surface area contributed by atoms with E-state index in [4.69, 9.17) is 5.84 Å². The van der Waals surface area contributed by atoms with Crippen LogP contribution in [0.5, 0.6) is 0 Å². The first-order chi connectivity index (χ1) is 11.6. The summed E-state index contributed by atoms with van der Waals surface area (Å²) in [6.45, 7) is 6.15. The quantitative estimate of drug-likeness (QED) is 0.786. The molecule has 0 radical (unpaired) electrons. The average molecular weight is 358 g/mol. The maximum absolute atomic E-state index is 5.93. The molecule has 0 atom stereocenters. The number of halogens is 1. The minimum Gasteiger partial charge on any atom is -0.293 e. The Kier molecular flexibility index (Phi) is 7.03. The van der Waals surface area contributed by atoms with Crippen molar-refractivity contribution in [2.45, 2.75) is 33.1 Å². The van der Waals surface area contributed by atoms with Crippen LogP contribution in [0.2, 0.25) is 0 Å². The second-order valence-electron chi connectivity index (χ2n) is 7.02. The van der Waals surface area contributed by atoms with Crippen molar-refractivity contribution in [1.82, 2.24) is 5.01 Å². The normalized spacial score (nSPS) is 13.8. The molecule has 2 aromatic rings. The minimum absolute atomic E-state index is 0. The molecule has 0 saturated heterocycles. The predicted molar refractivity (Wildman–Crippen MR) is 108 cm³/mol. The smallest absolute Gasteiger partial charge is 0.145 e. The van der Waals surface area contributed by atoms with Gasteiger partial charge in [0.1, 0.15) is 5.84 Å². The first-order valence-electron chi connectivity index (χ1n) is 8.85. The molecule has 0 aromatic heterocycles.